The second kappa shape index (κ2) is 4.84. The molecule has 8 nitrogen and oxygen atoms in total. The van der Waals surface area contributed by atoms with Crippen LogP contribution in [0.25, 0.3) is 0 Å². The van der Waals surface area contributed by atoms with E-state index in [-0.39, 0.29) is 18.1 Å². The Kier molecular flexibility index (Phi) is 3.23. The van der Waals surface area contributed by atoms with E-state index in [1.54, 1.807) is 12.3 Å². The number of carboxylic acid groups (broad SMARTS) is 1. The first kappa shape index (κ1) is 12.7. The van der Waals surface area contributed by atoms with Crippen molar-refractivity contribution in [2.45, 2.75) is 12.5 Å². The predicted octanol–water partition coefficient (Wildman–Crippen LogP) is -0.0436. The van der Waals surface area contributed by atoms with Gasteiger partial charge < -0.3 is 26.1 Å². The summed E-state index contributed by atoms with van der Waals surface area (Å²) in [6, 6.07) is 2.44. The van der Waals surface area contributed by atoms with Crippen LogP contribution in [-0.4, -0.2) is 31.5 Å². The van der Waals surface area contributed by atoms with Gasteiger partial charge in [0, 0.05) is 6.20 Å². The Hall–Kier alpha value is -2.77. The number of aromatic amines is 1. The third kappa shape index (κ3) is 2.57. The van der Waals surface area contributed by atoms with Gasteiger partial charge in [0.25, 0.3) is 0 Å². The number of rotatable bonds is 5. The predicted molar refractivity (Wildman–Crippen MR) is 66.3 cm³/mol. The zero-order chi connectivity index (χ0) is 14.0. The van der Waals surface area contributed by atoms with E-state index in [1.165, 1.54) is 16.8 Å². The summed E-state index contributed by atoms with van der Waals surface area (Å²) in [6.07, 6.45) is 2.96. The molecule has 1 atom stereocenters. The smallest absolute Gasteiger partial charge is 0.352 e. The fraction of sp³-hybridized carbons (Fsp3) is 0.182. The summed E-state index contributed by atoms with van der Waals surface area (Å²) in [7, 11) is 0. The molecule has 0 bridgehead atoms. The van der Waals surface area contributed by atoms with Gasteiger partial charge >= 0.3 is 5.97 Å². The standard InChI is InChI=1S/C11H13N5O3/c12-9(17)4-8(6-5-14-11(13)15-6)16-3-1-2-7(16)10(18)19/h1-3,5,8H,4H2,(H2,12,17)(H,18,19)(H3,13,14,15). The molecule has 8 heteroatoms. The minimum absolute atomic E-state index is 0.0550. The average molecular weight is 263 g/mol. The van der Waals surface area contributed by atoms with Crippen molar-refractivity contribution in [3.63, 3.8) is 0 Å². The van der Waals surface area contributed by atoms with Gasteiger partial charge in [0.2, 0.25) is 5.91 Å². The number of hydrogen-bond acceptors (Lipinski definition) is 4. The fourth-order valence-corrected chi connectivity index (χ4v) is 1.92. The number of nitrogen functional groups attached to an aromatic ring is 1. The van der Waals surface area contributed by atoms with E-state index < -0.39 is 17.9 Å². The van der Waals surface area contributed by atoms with Crippen molar-refractivity contribution in [3.8, 4) is 0 Å². The molecular formula is C11H13N5O3. The summed E-state index contributed by atoms with van der Waals surface area (Å²) in [5.74, 6) is -1.45. The first-order chi connectivity index (χ1) is 8.99. The van der Waals surface area contributed by atoms with Gasteiger partial charge in [-0.05, 0) is 12.1 Å². The van der Waals surface area contributed by atoms with E-state index in [0.29, 0.717) is 5.69 Å². The minimum Gasteiger partial charge on any atom is -0.477 e. The highest BCUT2D eigenvalue weighted by Gasteiger charge is 2.22. The van der Waals surface area contributed by atoms with Crippen LogP contribution in [0.3, 0.4) is 0 Å². The van der Waals surface area contributed by atoms with E-state index >= 15 is 0 Å². The van der Waals surface area contributed by atoms with Gasteiger partial charge in [-0.15, -0.1) is 0 Å². The molecular weight excluding hydrogens is 250 g/mol. The van der Waals surface area contributed by atoms with Crippen LogP contribution in [0, 0.1) is 0 Å². The topological polar surface area (TPSA) is 140 Å². The van der Waals surface area contributed by atoms with Crippen LogP contribution in [0.5, 0.6) is 0 Å². The van der Waals surface area contributed by atoms with Crippen molar-refractivity contribution < 1.29 is 14.7 Å². The number of hydrogen-bond donors (Lipinski definition) is 4. The summed E-state index contributed by atoms with van der Waals surface area (Å²) in [6.45, 7) is 0. The second-order valence-electron chi connectivity index (χ2n) is 4.02. The van der Waals surface area contributed by atoms with Crippen LogP contribution in [0.4, 0.5) is 5.95 Å². The molecule has 0 saturated heterocycles. The lowest BCUT2D eigenvalue weighted by Gasteiger charge is -2.17. The molecule has 6 N–H and O–H groups in total. The molecule has 0 radical (unpaired) electrons. The van der Waals surface area contributed by atoms with Crippen molar-refractivity contribution in [1.82, 2.24) is 14.5 Å². The van der Waals surface area contributed by atoms with Gasteiger partial charge in [-0.1, -0.05) is 0 Å². The molecule has 0 spiro atoms. The highest BCUT2D eigenvalue weighted by molar-refractivity contribution is 5.86. The van der Waals surface area contributed by atoms with Gasteiger partial charge in [-0.25, -0.2) is 9.78 Å². The molecule has 0 aliphatic carbocycles. The molecule has 2 rings (SSSR count). The number of aromatic nitrogens is 3. The Morgan fingerprint density at radius 1 is 1.53 bits per heavy atom. The lowest BCUT2D eigenvalue weighted by molar-refractivity contribution is -0.118. The van der Waals surface area contributed by atoms with Crippen LogP contribution in [0.1, 0.15) is 28.6 Å². The van der Waals surface area contributed by atoms with Crippen molar-refractivity contribution >= 4 is 17.8 Å². The molecule has 1 unspecified atom stereocenters. The molecule has 2 aromatic heterocycles. The van der Waals surface area contributed by atoms with Gasteiger partial charge in [-0.2, -0.15) is 0 Å². The zero-order valence-corrected chi connectivity index (χ0v) is 9.91. The summed E-state index contributed by atoms with van der Waals surface area (Å²) >= 11 is 0. The van der Waals surface area contributed by atoms with Gasteiger partial charge in [-0.3, -0.25) is 4.79 Å². The zero-order valence-electron chi connectivity index (χ0n) is 9.91. The first-order valence-corrected chi connectivity index (χ1v) is 5.48. The molecule has 0 fully saturated rings. The van der Waals surface area contributed by atoms with Crippen LogP contribution in [0.2, 0.25) is 0 Å². The Labute approximate surface area is 108 Å². The molecule has 2 heterocycles. The molecule has 0 aliphatic rings. The number of amides is 1. The third-order valence-electron chi connectivity index (χ3n) is 2.70. The number of H-pyrrole nitrogens is 1. The number of primary amides is 1. The quantitative estimate of drug-likeness (QED) is 0.599. The maximum absolute atomic E-state index is 11.2. The summed E-state index contributed by atoms with van der Waals surface area (Å²) < 4.78 is 1.44. The van der Waals surface area contributed by atoms with Crippen LogP contribution in [-0.2, 0) is 4.79 Å². The van der Waals surface area contributed by atoms with E-state index in [2.05, 4.69) is 9.97 Å². The van der Waals surface area contributed by atoms with Crippen molar-refractivity contribution in [1.29, 1.82) is 0 Å². The lowest BCUT2D eigenvalue weighted by atomic mass is 10.1. The second-order valence-corrected chi connectivity index (χ2v) is 4.02. The summed E-state index contributed by atoms with van der Waals surface area (Å²) in [5, 5.41) is 9.10. The Morgan fingerprint density at radius 3 is 2.79 bits per heavy atom. The van der Waals surface area contributed by atoms with Gasteiger partial charge in [0.15, 0.2) is 5.95 Å². The Bertz CT molecular complexity index is 615. The number of nitrogens with one attached hydrogen (secondary N) is 1. The largest absolute Gasteiger partial charge is 0.477 e. The average Bonchev–Trinajstić information content (AvgIpc) is 2.93. The molecule has 100 valence electrons. The number of carbonyl (C=O) groups is 2. The van der Waals surface area contributed by atoms with Crippen LogP contribution < -0.4 is 11.5 Å². The molecule has 19 heavy (non-hydrogen) atoms. The molecule has 1 amide bonds. The van der Waals surface area contributed by atoms with Crippen LogP contribution in [0.15, 0.2) is 24.5 Å². The van der Waals surface area contributed by atoms with E-state index in [0.717, 1.165) is 0 Å². The number of carboxylic acids is 1. The minimum atomic E-state index is -1.09. The van der Waals surface area contributed by atoms with E-state index in [4.69, 9.17) is 16.6 Å². The Balaban J connectivity index is 2.45. The van der Waals surface area contributed by atoms with E-state index in [9.17, 15) is 9.59 Å². The fourth-order valence-electron chi connectivity index (χ4n) is 1.92. The van der Waals surface area contributed by atoms with Crippen molar-refractivity contribution in [2.24, 2.45) is 5.73 Å². The van der Waals surface area contributed by atoms with Crippen molar-refractivity contribution in [2.75, 3.05) is 5.73 Å². The van der Waals surface area contributed by atoms with E-state index in [1.807, 2.05) is 0 Å². The van der Waals surface area contributed by atoms with Crippen molar-refractivity contribution in [3.05, 3.63) is 35.9 Å². The number of nitrogens with two attached hydrogens (primary N) is 2. The third-order valence-corrected chi connectivity index (χ3v) is 2.70. The van der Waals surface area contributed by atoms with Gasteiger partial charge in [0.05, 0.1) is 24.4 Å². The normalized spacial score (nSPS) is 12.2. The van der Waals surface area contributed by atoms with Gasteiger partial charge in [0.1, 0.15) is 5.69 Å². The number of anilines is 1. The number of carbonyl (C=O) groups excluding carboxylic acids is 1. The highest BCUT2D eigenvalue weighted by atomic mass is 16.4. The maximum Gasteiger partial charge on any atom is 0.352 e. The SMILES string of the molecule is NC(=O)CC(c1cnc(N)[nH]1)n1cccc1C(=O)O. The molecule has 0 aromatic carbocycles. The molecule has 2 aromatic rings. The lowest BCUT2D eigenvalue weighted by Crippen LogP contribution is -2.22. The number of nitrogens with zero attached hydrogens (tertiary/aromatic N) is 2. The number of aromatic carboxylic acids is 1. The maximum atomic E-state index is 11.2. The number of imidazole rings is 1. The highest BCUT2D eigenvalue weighted by Crippen LogP contribution is 2.23. The Morgan fingerprint density at radius 2 is 2.26 bits per heavy atom. The monoisotopic (exact) mass is 263 g/mol. The molecule has 0 saturated carbocycles. The summed E-state index contributed by atoms with van der Waals surface area (Å²) in [5.41, 5.74) is 11.3. The van der Waals surface area contributed by atoms with Crippen LogP contribution >= 0.6 is 0 Å². The summed E-state index contributed by atoms with van der Waals surface area (Å²) in [4.78, 5) is 28.9. The first-order valence-electron chi connectivity index (χ1n) is 5.48. The molecule has 0 aliphatic heterocycles.